The van der Waals surface area contributed by atoms with E-state index in [1.54, 1.807) is 17.8 Å². The fourth-order valence-corrected chi connectivity index (χ4v) is 3.72. The maximum Gasteiger partial charge on any atom is 0.158 e. The van der Waals surface area contributed by atoms with Gasteiger partial charge in [-0.25, -0.2) is 0 Å². The van der Waals surface area contributed by atoms with Crippen molar-refractivity contribution in [2.45, 2.75) is 29.7 Å². The first-order valence-corrected chi connectivity index (χ1v) is 10.5. The van der Waals surface area contributed by atoms with E-state index in [1.165, 1.54) is 13.1 Å². The van der Waals surface area contributed by atoms with E-state index in [1.807, 2.05) is 42.5 Å². The molecule has 0 fully saturated rings. The van der Waals surface area contributed by atoms with Gasteiger partial charge in [0.05, 0.1) is 13.2 Å². The third-order valence-electron chi connectivity index (χ3n) is 4.62. The van der Waals surface area contributed by atoms with Crippen LogP contribution in [0.4, 0.5) is 0 Å². The number of rotatable bonds is 7. The van der Waals surface area contributed by atoms with Crippen LogP contribution in [0.3, 0.4) is 0 Å². The van der Waals surface area contributed by atoms with Crippen LogP contribution in [0.1, 0.15) is 24.5 Å². The number of Topliss-reactive ketones (excluding diaryl/α,β-unsaturated/α-hetero) is 1. The molecule has 154 valence electrons. The Morgan fingerprint density at radius 3 is 2.73 bits per heavy atom. The molecule has 2 aromatic rings. The van der Waals surface area contributed by atoms with Crippen molar-refractivity contribution >= 4 is 23.8 Å². The molecular formula is C25H25NO3S. The van der Waals surface area contributed by atoms with Crippen molar-refractivity contribution < 1.29 is 14.3 Å². The second-order valence-corrected chi connectivity index (χ2v) is 8.08. The summed E-state index contributed by atoms with van der Waals surface area (Å²) in [4.78, 5) is 13.9. The fourth-order valence-electron chi connectivity index (χ4n) is 2.83. The van der Waals surface area contributed by atoms with Gasteiger partial charge in [-0.1, -0.05) is 42.6 Å². The maximum absolute atomic E-state index is 11.7. The van der Waals surface area contributed by atoms with Crippen LogP contribution in [0.2, 0.25) is 0 Å². The van der Waals surface area contributed by atoms with E-state index >= 15 is 0 Å². The Balaban J connectivity index is 1.64. The molecule has 0 saturated heterocycles. The molecule has 0 amide bonds. The van der Waals surface area contributed by atoms with E-state index in [4.69, 9.17) is 14.9 Å². The first-order chi connectivity index (χ1) is 14.5. The monoisotopic (exact) mass is 419 g/mol. The summed E-state index contributed by atoms with van der Waals surface area (Å²) in [5, 5.41) is 7.38. The third kappa shape index (κ3) is 6.31. The predicted octanol–water partition coefficient (Wildman–Crippen LogP) is 5.73. The van der Waals surface area contributed by atoms with Crippen LogP contribution in [0.5, 0.6) is 0 Å². The van der Waals surface area contributed by atoms with Crippen molar-refractivity contribution in [3.63, 3.8) is 0 Å². The number of hydrogen-bond acceptors (Lipinski definition) is 5. The molecular weight excluding hydrogens is 394 g/mol. The molecule has 4 nitrogen and oxygen atoms in total. The molecule has 0 aliphatic carbocycles. The molecule has 0 saturated carbocycles. The zero-order valence-corrected chi connectivity index (χ0v) is 17.8. The number of hydrogen-bond donors (Lipinski definition) is 1. The lowest BCUT2D eigenvalue weighted by Crippen LogP contribution is -2.06. The van der Waals surface area contributed by atoms with Crippen LogP contribution >= 0.6 is 11.8 Å². The second kappa shape index (κ2) is 10.8. The molecule has 0 radical (unpaired) electrons. The zero-order valence-electron chi connectivity index (χ0n) is 17.0. The molecule has 30 heavy (non-hydrogen) atoms. The summed E-state index contributed by atoms with van der Waals surface area (Å²) in [6, 6.07) is 16.1. The van der Waals surface area contributed by atoms with Crippen molar-refractivity contribution in [3.05, 3.63) is 95.3 Å². The molecule has 0 spiro atoms. The van der Waals surface area contributed by atoms with Gasteiger partial charge >= 0.3 is 0 Å². The average molecular weight is 420 g/mol. The minimum atomic E-state index is -0.00245. The van der Waals surface area contributed by atoms with E-state index < -0.39 is 0 Å². The van der Waals surface area contributed by atoms with E-state index in [0.717, 1.165) is 26.5 Å². The summed E-state index contributed by atoms with van der Waals surface area (Å²) in [5.41, 5.74) is 3.42. The molecule has 2 aromatic carbocycles. The zero-order chi connectivity index (χ0) is 21.3. The van der Waals surface area contributed by atoms with Gasteiger partial charge in [0.1, 0.15) is 12.4 Å². The molecule has 3 rings (SSSR count). The lowest BCUT2D eigenvalue weighted by molar-refractivity contribution is -0.114. The lowest BCUT2D eigenvalue weighted by Gasteiger charge is -2.13. The Labute approximate surface area is 181 Å². The highest BCUT2D eigenvalue weighted by Gasteiger charge is 2.10. The summed E-state index contributed by atoms with van der Waals surface area (Å²) in [6.07, 6.45) is 5.59. The molecule has 1 N–H and O–H groups in total. The molecule has 0 bridgehead atoms. The Bertz CT molecular complexity index is 990. The van der Waals surface area contributed by atoms with E-state index in [9.17, 15) is 4.79 Å². The van der Waals surface area contributed by atoms with Gasteiger partial charge in [-0.2, -0.15) is 0 Å². The van der Waals surface area contributed by atoms with Gasteiger partial charge < -0.3 is 14.9 Å². The SMILES string of the molecule is C=C1CCOC/C(C(C)=O)=C\C=C/1OCc1ccc(Sc2cccc(C=N)c2)cc1. The Kier molecular flexibility index (Phi) is 7.82. The Morgan fingerprint density at radius 1 is 1.20 bits per heavy atom. The number of carbonyl (C=O) groups excluding carboxylic acids is 1. The highest BCUT2D eigenvalue weighted by atomic mass is 32.2. The molecule has 0 atom stereocenters. The number of carbonyl (C=O) groups is 1. The molecule has 1 aliphatic heterocycles. The van der Waals surface area contributed by atoms with Crippen LogP contribution in [0, 0.1) is 5.41 Å². The molecule has 1 aliphatic rings. The largest absolute Gasteiger partial charge is 0.489 e. The summed E-state index contributed by atoms with van der Waals surface area (Å²) in [6.45, 7) is 6.87. The summed E-state index contributed by atoms with van der Waals surface area (Å²) in [7, 11) is 0. The van der Waals surface area contributed by atoms with Gasteiger partial charge in [-0.3, -0.25) is 4.79 Å². The van der Waals surface area contributed by atoms with Crippen LogP contribution < -0.4 is 0 Å². The van der Waals surface area contributed by atoms with Crippen LogP contribution in [-0.2, 0) is 20.9 Å². The van der Waals surface area contributed by atoms with Crippen molar-refractivity contribution in [3.8, 4) is 0 Å². The Hall–Kier alpha value is -2.89. The summed E-state index contributed by atoms with van der Waals surface area (Å²) >= 11 is 1.66. The number of benzene rings is 2. The molecule has 5 heteroatoms. The van der Waals surface area contributed by atoms with Gasteiger partial charge in [0.15, 0.2) is 5.78 Å². The normalized spacial score (nSPS) is 18.1. The van der Waals surface area contributed by atoms with Crippen molar-refractivity contribution in [1.29, 1.82) is 5.41 Å². The van der Waals surface area contributed by atoms with Gasteiger partial charge in [-0.05, 0) is 66.5 Å². The van der Waals surface area contributed by atoms with Crippen molar-refractivity contribution in [1.82, 2.24) is 0 Å². The fraction of sp³-hybridized carbons (Fsp3) is 0.200. The summed E-state index contributed by atoms with van der Waals surface area (Å²) < 4.78 is 11.5. The molecule has 1 heterocycles. The van der Waals surface area contributed by atoms with Crippen LogP contribution in [0.25, 0.3) is 0 Å². The third-order valence-corrected chi connectivity index (χ3v) is 5.62. The first-order valence-electron chi connectivity index (χ1n) is 9.73. The van der Waals surface area contributed by atoms with Crippen LogP contribution in [-0.4, -0.2) is 25.2 Å². The van der Waals surface area contributed by atoms with E-state index in [2.05, 4.69) is 18.7 Å². The number of nitrogens with one attached hydrogen (secondary N) is 1. The molecule has 0 aromatic heterocycles. The van der Waals surface area contributed by atoms with Crippen molar-refractivity contribution in [2.24, 2.45) is 0 Å². The van der Waals surface area contributed by atoms with Gasteiger partial charge in [0.2, 0.25) is 0 Å². The topological polar surface area (TPSA) is 59.4 Å². The van der Waals surface area contributed by atoms with Gasteiger partial charge in [-0.15, -0.1) is 0 Å². The Morgan fingerprint density at radius 2 is 2.00 bits per heavy atom. The predicted molar refractivity (Wildman–Crippen MR) is 121 cm³/mol. The lowest BCUT2D eigenvalue weighted by atomic mass is 10.1. The number of ketones is 1. The highest BCUT2D eigenvalue weighted by Crippen LogP contribution is 2.28. The van der Waals surface area contributed by atoms with Crippen molar-refractivity contribution in [2.75, 3.05) is 13.2 Å². The van der Waals surface area contributed by atoms with Gasteiger partial charge in [0.25, 0.3) is 0 Å². The van der Waals surface area contributed by atoms with Gasteiger partial charge in [0, 0.05) is 21.6 Å². The maximum atomic E-state index is 11.7. The average Bonchev–Trinajstić information content (AvgIpc) is 2.84. The smallest absolute Gasteiger partial charge is 0.158 e. The van der Waals surface area contributed by atoms with E-state index in [0.29, 0.717) is 37.6 Å². The van der Waals surface area contributed by atoms with Crippen LogP contribution in [0.15, 0.2) is 94.0 Å². The highest BCUT2D eigenvalue weighted by molar-refractivity contribution is 7.99. The summed E-state index contributed by atoms with van der Waals surface area (Å²) in [5.74, 6) is 0.679. The standard InChI is InChI=1S/C25H25NO3S/c1-18-12-13-28-17-22(19(2)27)8-11-25(18)29-16-20-6-9-23(10-7-20)30-24-5-3-4-21(14-24)15-26/h3-11,14-15,26H,1,12-13,16-17H2,2H3/b22-8+,25-11+,26-15?. The minimum absolute atomic E-state index is 0.00245. The second-order valence-electron chi connectivity index (χ2n) is 6.94. The number of ether oxygens (including phenoxy) is 2. The first kappa shape index (κ1) is 21.8. The quantitative estimate of drug-likeness (QED) is 0.583. The molecule has 0 unspecified atom stereocenters. The van der Waals surface area contributed by atoms with E-state index in [-0.39, 0.29) is 5.78 Å². The number of allylic oxidation sites excluding steroid dienone is 3. The minimum Gasteiger partial charge on any atom is -0.489 e.